The number of aryl methyl sites for hydroxylation is 1. The highest BCUT2D eigenvalue weighted by Crippen LogP contribution is 2.27. The van der Waals surface area contributed by atoms with Crippen LogP contribution in [0.4, 0.5) is 5.82 Å². The Morgan fingerprint density at radius 1 is 1.08 bits per heavy atom. The summed E-state index contributed by atoms with van der Waals surface area (Å²) in [6.07, 6.45) is 7.87. The summed E-state index contributed by atoms with van der Waals surface area (Å²) in [5, 5.41) is 0.610. The number of fused-ring (bicyclic) bond motifs is 1. The van der Waals surface area contributed by atoms with Gasteiger partial charge in [-0.2, -0.15) is 0 Å². The van der Waals surface area contributed by atoms with Crippen LogP contribution in [-0.4, -0.2) is 28.0 Å². The minimum atomic E-state index is -0.105. The number of H-pyrrole nitrogens is 1. The van der Waals surface area contributed by atoms with E-state index in [-0.39, 0.29) is 5.56 Å². The second-order valence-electron chi connectivity index (χ2n) is 6.72. The van der Waals surface area contributed by atoms with Crippen LogP contribution in [0.5, 0.6) is 0 Å². The van der Waals surface area contributed by atoms with Crippen molar-refractivity contribution in [2.24, 2.45) is 5.92 Å². The molecule has 3 heterocycles. The van der Waals surface area contributed by atoms with E-state index in [9.17, 15) is 4.79 Å². The maximum Gasteiger partial charge on any atom is 0.258 e. The molecule has 1 aliphatic heterocycles. The van der Waals surface area contributed by atoms with Crippen LogP contribution in [0.15, 0.2) is 53.7 Å². The monoisotopic (exact) mass is 334 g/mol. The number of aromatic amines is 1. The Bertz CT molecular complexity index is 898. The van der Waals surface area contributed by atoms with E-state index in [1.807, 2.05) is 0 Å². The Morgan fingerprint density at radius 3 is 2.68 bits per heavy atom. The first-order valence-corrected chi connectivity index (χ1v) is 8.92. The molecule has 0 spiro atoms. The fourth-order valence-electron chi connectivity index (χ4n) is 3.67. The zero-order chi connectivity index (χ0) is 17.1. The highest BCUT2D eigenvalue weighted by molar-refractivity contribution is 5.87. The van der Waals surface area contributed by atoms with Gasteiger partial charge in [-0.1, -0.05) is 30.3 Å². The van der Waals surface area contributed by atoms with Crippen molar-refractivity contribution in [3.63, 3.8) is 0 Å². The third-order valence-electron chi connectivity index (χ3n) is 5.14. The van der Waals surface area contributed by atoms with E-state index in [2.05, 4.69) is 50.2 Å². The standard InChI is InChI=1S/C20H22N4O/c25-20-17-8-11-21-19(18(17)22-14-23-20)24-12-9-16(10-13-24)7-6-15-4-2-1-3-5-15/h1-5,8,11,14,16H,6-7,9-10,12-13H2,(H,22,23,25). The summed E-state index contributed by atoms with van der Waals surface area (Å²) in [6.45, 7) is 1.94. The molecule has 25 heavy (non-hydrogen) atoms. The van der Waals surface area contributed by atoms with Crippen molar-refractivity contribution in [1.82, 2.24) is 15.0 Å². The van der Waals surface area contributed by atoms with Crippen molar-refractivity contribution < 1.29 is 0 Å². The first-order valence-electron chi connectivity index (χ1n) is 8.92. The molecular weight excluding hydrogens is 312 g/mol. The van der Waals surface area contributed by atoms with Gasteiger partial charge in [0.15, 0.2) is 5.82 Å². The van der Waals surface area contributed by atoms with Crippen molar-refractivity contribution in [2.45, 2.75) is 25.7 Å². The molecule has 0 aliphatic carbocycles. The van der Waals surface area contributed by atoms with E-state index >= 15 is 0 Å². The molecule has 0 unspecified atom stereocenters. The summed E-state index contributed by atoms with van der Waals surface area (Å²) in [4.78, 5) is 25.7. The predicted molar refractivity (Wildman–Crippen MR) is 99.9 cm³/mol. The molecule has 1 N–H and O–H groups in total. The first-order chi connectivity index (χ1) is 12.3. The lowest BCUT2D eigenvalue weighted by molar-refractivity contribution is 0.381. The quantitative estimate of drug-likeness (QED) is 0.796. The van der Waals surface area contributed by atoms with E-state index in [0.29, 0.717) is 10.9 Å². The molecule has 1 saturated heterocycles. The van der Waals surface area contributed by atoms with Crippen LogP contribution in [0.25, 0.3) is 10.9 Å². The predicted octanol–water partition coefficient (Wildman–Crippen LogP) is 3.17. The molecule has 0 atom stereocenters. The number of piperidine rings is 1. The number of rotatable bonds is 4. The van der Waals surface area contributed by atoms with Crippen LogP contribution in [0.1, 0.15) is 24.8 Å². The van der Waals surface area contributed by atoms with E-state index in [0.717, 1.165) is 44.1 Å². The van der Waals surface area contributed by atoms with E-state index in [4.69, 9.17) is 0 Å². The average molecular weight is 334 g/mol. The zero-order valence-corrected chi connectivity index (χ0v) is 14.2. The lowest BCUT2D eigenvalue weighted by Crippen LogP contribution is -2.34. The largest absolute Gasteiger partial charge is 0.355 e. The van der Waals surface area contributed by atoms with Gasteiger partial charge in [0.1, 0.15) is 5.52 Å². The fraction of sp³-hybridized carbons (Fsp3) is 0.350. The van der Waals surface area contributed by atoms with E-state index in [1.54, 1.807) is 12.3 Å². The number of pyridine rings is 1. The second-order valence-corrected chi connectivity index (χ2v) is 6.72. The van der Waals surface area contributed by atoms with Crippen LogP contribution in [0.3, 0.4) is 0 Å². The molecule has 5 nitrogen and oxygen atoms in total. The molecule has 0 saturated carbocycles. The van der Waals surface area contributed by atoms with Crippen LogP contribution in [0.2, 0.25) is 0 Å². The minimum Gasteiger partial charge on any atom is -0.355 e. The number of aromatic nitrogens is 3. The van der Waals surface area contributed by atoms with Gasteiger partial charge in [-0.25, -0.2) is 9.97 Å². The van der Waals surface area contributed by atoms with Crippen molar-refractivity contribution in [3.8, 4) is 0 Å². The Kier molecular flexibility index (Phi) is 4.46. The maximum atomic E-state index is 11.9. The minimum absolute atomic E-state index is 0.105. The topological polar surface area (TPSA) is 61.9 Å². The number of nitrogens with zero attached hydrogens (tertiary/aromatic N) is 3. The van der Waals surface area contributed by atoms with Crippen LogP contribution in [-0.2, 0) is 6.42 Å². The van der Waals surface area contributed by atoms with Crippen LogP contribution < -0.4 is 10.5 Å². The van der Waals surface area contributed by atoms with Gasteiger partial charge in [-0.15, -0.1) is 0 Å². The fourth-order valence-corrected chi connectivity index (χ4v) is 3.67. The highest BCUT2D eigenvalue weighted by atomic mass is 16.1. The molecule has 0 radical (unpaired) electrons. The van der Waals surface area contributed by atoms with Gasteiger partial charge < -0.3 is 9.88 Å². The third-order valence-corrected chi connectivity index (χ3v) is 5.14. The highest BCUT2D eigenvalue weighted by Gasteiger charge is 2.22. The Balaban J connectivity index is 1.42. The first kappa shape index (κ1) is 15.8. The Hall–Kier alpha value is -2.69. The molecule has 0 amide bonds. The summed E-state index contributed by atoms with van der Waals surface area (Å²) in [5.74, 6) is 1.59. The van der Waals surface area contributed by atoms with E-state index < -0.39 is 0 Å². The summed E-state index contributed by atoms with van der Waals surface area (Å²) in [5.41, 5.74) is 2.02. The Labute approximate surface area is 146 Å². The normalized spacial score (nSPS) is 15.6. The zero-order valence-electron chi connectivity index (χ0n) is 14.2. The number of nitrogens with one attached hydrogen (secondary N) is 1. The van der Waals surface area contributed by atoms with Gasteiger partial charge in [-0.3, -0.25) is 4.79 Å². The molecule has 1 aromatic carbocycles. The van der Waals surface area contributed by atoms with Gasteiger partial charge in [0.25, 0.3) is 5.56 Å². The van der Waals surface area contributed by atoms with E-state index in [1.165, 1.54) is 18.3 Å². The van der Waals surface area contributed by atoms with Gasteiger partial charge in [-0.05, 0) is 43.2 Å². The molecule has 5 heteroatoms. The summed E-state index contributed by atoms with van der Waals surface area (Å²) >= 11 is 0. The molecule has 4 rings (SSSR count). The lowest BCUT2D eigenvalue weighted by Gasteiger charge is -2.33. The molecule has 2 aromatic heterocycles. The number of benzene rings is 1. The van der Waals surface area contributed by atoms with Crippen LogP contribution >= 0.6 is 0 Å². The van der Waals surface area contributed by atoms with Crippen molar-refractivity contribution in [2.75, 3.05) is 18.0 Å². The lowest BCUT2D eigenvalue weighted by atomic mass is 9.90. The average Bonchev–Trinajstić information content (AvgIpc) is 2.68. The molecular formula is C20H22N4O. The maximum absolute atomic E-state index is 11.9. The third kappa shape index (κ3) is 3.40. The van der Waals surface area contributed by atoms with Crippen molar-refractivity contribution in [1.29, 1.82) is 0 Å². The van der Waals surface area contributed by atoms with Gasteiger partial charge in [0.05, 0.1) is 11.7 Å². The number of anilines is 1. The Morgan fingerprint density at radius 2 is 1.88 bits per heavy atom. The molecule has 128 valence electrons. The van der Waals surface area contributed by atoms with Crippen molar-refractivity contribution in [3.05, 3.63) is 64.8 Å². The van der Waals surface area contributed by atoms with Gasteiger partial charge in [0, 0.05) is 19.3 Å². The molecule has 1 aliphatic rings. The molecule has 3 aromatic rings. The number of hydrogen-bond donors (Lipinski definition) is 1. The number of hydrogen-bond acceptors (Lipinski definition) is 4. The smallest absolute Gasteiger partial charge is 0.258 e. The van der Waals surface area contributed by atoms with Gasteiger partial charge >= 0.3 is 0 Å². The molecule has 1 fully saturated rings. The summed E-state index contributed by atoms with van der Waals surface area (Å²) in [6, 6.07) is 12.4. The summed E-state index contributed by atoms with van der Waals surface area (Å²) < 4.78 is 0. The van der Waals surface area contributed by atoms with Crippen LogP contribution in [0, 0.1) is 5.92 Å². The SMILES string of the molecule is O=c1[nH]cnc2c(N3CCC(CCc4ccccc4)CC3)nccc12. The second kappa shape index (κ2) is 7.05. The van der Waals surface area contributed by atoms with Gasteiger partial charge in [0.2, 0.25) is 0 Å². The van der Waals surface area contributed by atoms with Crippen molar-refractivity contribution >= 4 is 16.7 Å². The molecule has 0 bridgehead atoms. The summed E-state index contributed by atoms with van der Waals surface area (Å²) in [7, 11) is 0.